The van der Waals surface area contributed by atoms with Gasteiger partial charge in [-0.25, -0.2) is 24.0 Å². The van der Waals surface area contributed by atoms with Crippen LogP contribution in [-0.2, 0) is 87.4 Å². The molecule has 0 bridgehead atoms. The monoisotopic (exact) mass is 1160 g/mol. The van der Waals surface area contributed by atoms with Crippen molar-refractivity contribution in [2.24, 2.45) is 0 Å². The number of imide groups is 2. The summed E-state index contributed by atoms with van der Waals surface area (Å²) in [5.74, 6) is -2.12. The number of rotatable bonds is 43. The van der Waals surface area contributed by atoms with E-state index in [0.717, 1.165) is 10.5 Å². The van der Waals surface area contributed by atoms with Crippen molar-refractivity contribution < 1.29 is 90.4 Å². The third kappa shape index (κ3) is 23.2. The Hall–Kier alpha value is -5.79. The van der Waals surface area contributed by atoms with Crippen molar-refractivity contribution in [3.8, 4) is 11.3 Å². The molecule has 81 heavy (non-hydrogen) atoms. The van der Waals surface area contributed by atoms with Crippen molar-refractivity contribution in [3.63, 3.8) is 0 Å². The minimum atomic E-state index is -1.10. The molecule has 3 aromatic rings. The average molecular weight is 1160 g/mol. The molecule has 3 saturated heterocycles. The lowest BCUT2D eigenvalue weighted by Crippen LogP contribution is -2.56. The van der Waals surface area contributed by atoms with Gasteiger partial charge in [0.1, 0.15) is 11.2 Å². The molecule has 3 aliphatic heterocycles. The van der Waals surface area contributed by atoms with E-state index in [1.165, 1.54) is 0 Å². The fourth-order valence-corrected chi connectivity index (χ4v) is 8.26. The number of anilines is 2. The summed E-state index contributed by atoms with van der Waals surface area (Å²) >= 11 is 6.29. The third-order valence-corrected chi connectivity index (χ3v) is 12.6. The Morgan fingerprint density at radius 1 is 0.580 bits per heavy atom. The Bertz CT molecular complexity index is 2360. The number of urea groups is 2. The highest BCUT2D eigenvalue weighted by Gasteiger charge is 2.53. The van der Waals surface area contributed by atoms with Crippen LogP contribution in [0.2, 0.25) is 5.02 Å². The summed E-state index contributed by atoms with van der Waals surface area (Å²) in [6.07, 6.45) is 2.36. The van der Waals surface area contributed by atoms with Gasteiger partial charge in [-0.3, -0.25) is 14.4 Å². The highest BCUT2D eigenvalue weighted by molar-refractivity contribution is 6.36. The second-order valence-corrected chi connectivity index (χ2v) is 18.5. The standard InChI is InChI=1S/C53H75ClN8O19/c54-44-6-1-2-7-46(44)61-50(66)53(56-52(61)68)11-13-59(14-12-53)51(67)55-43-5-3-4-42(40-43)45-41-60(58-57-45)15-17-70-19-21-72-23-25-74-27-29-76-31-33-78-35-37-80-39-38-79-36-34-77-32-30-75-28-26-73-24-22-71-20-18-69-16-10-49(65)81-62-47(63)8-9-48(62)64/h1-7,40-41H,8-39H2,(H,55,67)(H,56,68). The van der Waals surface area contributed by atoms with Crippen LogP contribution >= 0.6 is 11.6 Å². The Kier molecular flexibility index (Phi) is 29.7. The molecule has 0 radical (unpaired) electrons. The summed E-state index contributed by atoms with van der Waals surface area (Å²) in [7, 11) is 0. The number of amides is 7. The topological polar surface area (TPSA) is 287 Å². The van der Waals surface area contributed by atoms with Gasteiger partial charge >= 0.3 is 18.0 Å². The van der Waals surface area contributed by atoms with Crippen molar-refractivity contribution in [3.05, 3.63) is 59.8 Å². The first-order valence-corrected chi connectivity index (χ1v) is 27.5. The molecule has 28 heteroatoms. The van der Waals surface area contributed by atoms with E-state index in [4.69, 9.17) is 73.3 Å². The quantitative estimate of drug-likeness (QED) is 0.0468. The molecule has 2 N–H and O–H groups in total. The number of aromatic nitrogens is 3. The number of piperidine rings is 1. The van der Waals surface area contributed by atoms with E-state index in [1.807, 2.05) is 24.4 Å². The van der Waals surface area contributed by atoms with Crippen LogP contribution in [0.3, 0.4) is 0 Å². The SMILES string of the molecule is O=C(CCOCCOCCOCCOCCOCCOCCOCCOCCOCCOCCOCCOCCn1cc(-c2cccc(NC(=O)N3CCC4(CC3)NC(=O)N(c3ccccc3Cl)C4=O)c2)nn1)ON1C(=O)CCC1=O. The molecule has 1 spiro atoms. The first kappa shape index (κ1) is 64.4. The van der Waals surface area contributed by atoms with Crippen LogP contribution < -0.4 is 15.5 Å². The average Bonchev–Trinajstić information content (AvgIpc) is 4.15. The Morgan fingerprint density at radius 2 is 1.04 bits per heavy atom. The zero-order chi connectivity index (χ0) is 57.2. The Balaban J connectivity index is 0.627. The van der Waals surface area contributed by atoms with Crippen LogP contribution in [0.25, 0.3) is 11.3 Å². The molecule has 0 unspecified atom stereocenters. The molecular weight excluding hydrogens is 1090 g/mol. The maximum absolute atomic E-state index is 13.5. The summed E-state index contributed by atoms with van der Waals surface area (Å²) in [5, 5.41) is 15.1. The van der Waals surface area contributed by atoms with E-state index < -0.39 is 29.4 Å². The molecule has 4 heterocycles. The molecule has 6 rings (SSSR count). The number of nitrogens with one attached hydrogen (secondary N) is 2. The number of hydroxylamine groups is 2. The van der Waals surface area contributed by atoms with Crippen molar-refractivity contribution in [1.29, 1.82) is 0 Å². The van der Waals surface area contributed by atoms with Gasteiger partial charge in [0.15, 0.2) is 0 Å². The van der Waals surface area contributed by atoms with E-state index in [2.05, 4.69) is 20.9 Å². The lowest BCUT2D eigenvalue weighted by atomic mass is 9.87. The van der Waals surface area contributed by atoms with Gasteiger partial charge in [0, 0.05) is 37.2 Å². The molecule has 1 aromatic heterocycles. The van der Waals surface area contributed by atoms with Gasteiger partial charge in [0.05, 0.1) is 188 Å². The lowest BCUT2D eigenvalue weighted by molar-refractivity contribution is -0.198. The number of hydrogen-bond donors (Lipinski definition) is 2. The zero-order valence-electron chi connectivity index (χ0n) is 45.6. The lowest BCUT2D eigenvalue weighted by Gasteiger charge is -2.37. The van der Waals surface area contributed by atoms with Gasteiger partial charge in [-0.2, -0.15) is 0 Å². The van der Waals surface area contributed by atoms with Gasteiger partial charge in [-0.15, -0.1) is 10.2 Å². The number of halogens is 1. The molecule has 27 nitrogen and oxygen atoms in total. The van der Waals surface area contributed by atoms with Crippen LogP contribution in [0.5, 0.6) is 0 Å². The predicted molar refractivity (Wildman–Crippen MR) is 287 cm³/mol. The van der Waals surface area contributed by atoms with Gasteiger partial charge in [0.2, 0.25) is 0 Å². The van der Waals surface area contributed by atoms with Crippen LogP contribution in [-0.4, -0.2) is 238 Å². The number of carbonyl (C=O) groups is 6. The van der Waals surface area contributed by atoms with Crippen LogP contribution in [0.4, 0.5) is 21.0 Å². The van der Waals surface area contributed by atoms with Crippen LogP contribution in [0.15, 0.2) is 54.7 Å². The predicted octanol–water partition coefficient (Wildman–Crippen LogP) is 2.92. The van der Waals surface area contributed by atoms with Crippen LogP contribution in [0.1, 0.15) is 32.1 Å². The van der Waals surface area contributed by atoms with E-state index in [9.17, 15) is 28.8 Å². The van der Waals surface area contributed by atoms with Crippen LogP contribution in [0, 0.1) is 0 Å². The smallest absolute Gasteiger partial charge is 0.335 e. The number of ether oxygens (including phenoxy) is 12. The zero-order valence-corrected chi connectivity index (χ0v) is 46.4. The summed E-state index contributed by atoms with van der Waals surface area (Å²) in [6.45, 7) is 10.8. The van der Waals surface area contributed by atoms with E-state index in [-0.39, 0.29) is 70.3 Å². The second kappa shape index (κ2) is 37.3. The molecule has 0 atom stereocenters. The summed E-state index contributed by atoms with van der Waals surface area (Å²) < 4.78 is 67.7. The molecule has 0 saturated carbocycles. The minimum Gasteiger partial charge on any atom is -0.378 e. The van der Waals surface area contributed by atoms with Crippen molar-refractivity contribution in [2.75, 3.05) is 182 Å². The fraction of sp³-hybridized carbons (Fsp3) is 0.623. The van der Waals surface area contributed by atoms with E-state index >= 15 is 0 Å². The molecule has 7 amide bonds. The third-order valence-electron chi connectivity index (χ3n) is 12.3. The maximum atomic E-state index is 13.5. The molecular formula is C53H75ClN8O19. The minimum absolute atomic E-state index is 0.0489. The first-order chi connectivity index (χ1) is 39.6. The van der Waals surface area contributed by atoms with Gasteiger partial charge in [-0.1, -0.05) is 41.1 Å². The molecule has 2 aromatic carbocycles. The van der Waals surface area contributed by atoms with Crippen molar-refractivity contribution in [2.45, 2.75) is 44.2 Å². The Labute approximate surface area is 475 Å². The molecule has 3 fully saturated rings. The molecule has 448 valence electrons. The maximum Gasteiger partial charge on any atom is 0.335 e. The number of nitrogens with zero attached hydrogens (tertiary/aromatic N) is 6. The second-order valence-electron chi connectivity index (χ2n) is 18.1. The highest BCUT2D eigenvalue weighted by Crippen LogP contribution is 2.35. The first-order valence-electron chi connectivity index (χ1n) is 27.1. The molecule has 0 aliphatic carbocycles. The van der Waals surface area contributed by atoms with E-state index in [0.29, 0.717) is 179 Å². The highest BCUT2D eigenvalue weighted by atomic mass is 35.5. The van der Waals surface area contributed by atoms with Gasteiger partial charge in [-0.05, 0) is 37.1 Å². The Morgan fingerprint density at radius 3 is 1.52 bits per heavy atom. The summed E-state index contributed by atoms with van der Waals surface area (Å²) in [6, 6.07) is 13.2. The van der Waals surface area contributed by atoms with E-state index in [1.54, 1.807) is 39.9 Å². The molecule has 3 aliphatic rings. The van der Waals surface area contributed by atoms with Gasteiger partial charge in [0.25, 0.3) is 17.7 Å². The van der Waals surface area contributed by atoms with Crippen molar-refractivity contribution in [1.82, 2.24) is 30.3 Å². The van der Waals surface area contributed by atoms with Crippen molar-refractivity contribution >= 4 is 58.7 Å². The normalized spacial score (nSPS) is 15.1. The fourth-order valence-electron chi connectivity index (χ4n) is 8.04. The summed E-state index contributed by atoms with van der Waals surface area (Å²) in [5.41, 5.74) is 1.21. The number of carbonyl (C=O) groups excluding carboxylic acids is 6. The number of hydrogen-bond acceptors (Lipinski definition) is 21. The van der Waals surface area contributed by atoms with Gasteiger partial charge < -0.3 is 77.2 Å². The number of benzene rings is 2. The number of likely N-dealkylation sites (tertiary alicyclic amines) is 1. The largest absolute Gasteiger partial charge is 0.378 e. The summed E-state index contributed by atoms with van der Waals surface area (Å²) in [4.78, 5) is 81.7. The number of para-hydroxylation sites is 1.